The van der Waals surface area contributed by atoms with E-state index in [9.17, 15) is 14.7 Å². The molecule has 0 spiro atoms. The number of aliphatic carboxylic acids is 1. The maximum absolute atomic E-state index is 11.7. The van der Waals surface area contributed by atoms with Crippen LogP contribution in [0.25, 0.3) is 0 Å². The molecule has 0 rings (SSSR count). The van der Waals surface area contributed by atoms with Crippen molar-refractivity contribution in [2.75, 3.05) is 27.7 Å². The molecule has 0 radical (unpaired) electrons. The molecule has 0 N–H and O–H groups in total. The number of carboxylic acid groups (broad SMARTS) is 1. The molecule has 0 fully saturated rings. The van der Waals surface area contributed by atoms with Gasteiger partial charge >= 0.3 is 5.97 Å². The van der Waals surface area contributed by atoms with Crippen molar-refractivity contribution in [2.24, 2.45) is 0 Å². The number of rotatable bonds is 11. The molecule has 0 bridgehead atoms. The second-order valence-corrected chi connectivity index (χ2v) is 6.33. The van der Waals surface area contributed by atoms with Crippen molar-refractivity contribution in [3.8, 4) is 0 Å². The number of unbranched alkanes of at least 4 members (excludes halogenated alkanes) is 1. The predicted octanol–water partition coefficient (Wildman–Crippen LogP) is 1.44. The highest BCUT2D eigenvalue weighted by molar-refractivity contribution is 5.72. The van der Waals surface area contributed by atoms with Gasteiger partial charge in [0, 0.05) is 12.4 Å². The van der Waals surface area contributed by atoms with Crippen LogP contribution < -0.4 is 5.11 Å². The first-order valence-electron chi connectivity index (χ1n) is 7.74. The first kappa shape index (κ1) is 20.4. The lowest BCUT2D eigenvalue weighted by Gasteiger charge is -2.29. The van der Waals surface area contributed by atoms with Gasteiger partial charge < -0.3 is 19.1 Å². The minimum absolute atomic E-state index is 0.155. The molecule has 5 nitrogen and oxygen atoms in total. The maximum atomic E-state index is 11.7. The SMILES string of the molecule is CCC/C=C/C/C=C/CC(=O)OC(CC(=O)[O-])C[N+](C)(C)C. The Morgan fingerprint density at radius 1 is 1.14 bits per heavy atom. The number of ether oxygens (including phenoxy) is 1. The first-order chi connectivity index (χ1) is 10.2. The molecule has 0 amide bonds. The highest BCUT2D eigenvalue weighted by atomic mass is 16.5. The van der Waals surface area contributed by atoms with E-state index in [0.29, 0.717) is 11.0 Å². The van der Waals surface area contributed by atoms with Crippen molar-refractivity contribution in [1.29, 1.82) is 0 Å². The van der Waals surface area contributed by atoms with Gasteiger partial charge in [-0.2, -0.15) is 0 Å². The minimum Gasteiger partial charge on any atom is -0.550 e. The Bertz CT molecular complexity index is 394. The average molecular weight is 311 g/mol. The zero-order valence-corrected chi connectivity index (χ0v) is 14.2. The molecule has 0 aliphatic rings. The molecule has 0 heterocycles. The monoisotopic (exact) mass is 311 g/mol. The molecule has 5 heteroatoms. The Labute approximate surface area is 133 Å². The lowest BCUT2D eigenvalue weighted by molar-refractivity contribution is -0.873. The van der Waals surface area contributed by atoms with Gasteiger partial charge in [-0.25, -0.2) is 0 Å². The van der Waals surface area contributed by atoms with Crippen LogP contribution in [-0.2, 0) is 14.3 Å². The predicted molar refractivity (Wildman–Crippen MR) is 84.8 cm³/mol. The van der Waals surface area contributed by atoms with E-state index in [-0.39, 0.29) is 12.8 Å². The van der Waals surface area contributed by atoms with Gasteiger partial charge in [-0.15, -0.1) is 0 Å². The highest BCUT2D eigenvalue weighted by Gasteiger charge is 2.21. The maximum Gasteiger partial charge on any atom is 0.310 e. The summed E-state index contributed by atoms with van der Waals surface area (Å²) in [6.45, 7) is 2.55. The number of allylic oxidation sites excluding steroid dienone is 3. The normalized spacial score (nSPS) is 13.6. The molecule has 1 unspecified atom stereocenters. The molecule has 0 aromatic carbocycles. The zero-order chi connectivity index (χ0) is 17.0. The van der Waals surface area contributed by atoms with E-state index in [1.54, 1.807) is 6.08 Å². The lowest BCUT2D eigenvalue weighted by atomic mass is 10.2. The van der Waals surface area contributed by atoms with Gasteiger partial charge in [0.2, 0.25) is 0 Å². The summed E-state index contributed by atoms with van der Waals surface area (Å²) in [7, 11) is 5.75. The summed E-state index contributed by atoms with van der Waals surface area (Å²) in [5, 5.41) is 10.7. The van der Waals surface area contributed by atoms with Crippen molar-refractivity contribution in [2.45, 2.75) is 45.1 Å². The van der Waals surface area contributed by atoms with E-state index in [0.717, 1.165) is 19.3 Å². The molecule has 0 aromatic rings. The third-order valence-electron chi connectivity index (χ3n) is 2.79. The number of carbonyl (C=O) groups is 2. The van der Waals surface area contributed by atoms with Crippen LogP contribution in [0, 0.1) is 0 Å². The topological polar surface area (TPSA) is 66.4 Å². The number of carboxylic acids is 1. The summed E-state index contributed by atoms with van der Waals surface area (Å²) in [5.41, 5.74) is 0. The van der Waals surface area contributed by atoms with Crippen molar-refractivity contribution in [3.63, 3.8) is 0 Å². The number of carbonyl (C=O) groups excluding carboxylic acids is 2. The summed E-state index contributed by atoms with van der Waals surface area (Å²) in [6, 6.07) is 0. The smallest absolute Gasteiger partial charge is 0.310 e. The van der Waals surface area contributed by atoms with Crippen LogP contribution in [-0.4, -0.2) is 50.2 Å². The average Bonchev–Trinajstić information content (AvgIpc) is 2.34. The van der Waals surface area contributed by atoms with Crippen LogP contribution in [0.15, 0.2) is 24.3 Å². The van der Waals surface area contributed by atoms with Gasteiger partial charge in [0.25, 0.3) is 0 Å². The van der Waals surface area contributed by atoms with Crippen LogP contribution in [0.4, 0.5) is 0 Å². The number of hydrogen-bond donors (Lipinski definition) is 0. The van der Waals surface area contributed by atoms with Gasteiger partial charge in [-0.1, -0.05) is 37.6 Å². The summed E-state index contributed by atoms with van der Waals surface area (Å²) >= 11 is 0. The molecule has 0 aromatic heterocycles. The largest absolute Gasteiger partial charge is 0.550 e. The summed E-state index contributed by atoms with van der Waals surface area (Å²) in [4.78, 5) is 22.5. The quantitative estimate of drug-likeness (QED) is 0.329. The Balaban J connectivity index is 4.21. The van der Waals surface area contributed by atoms with E-state index < -0.39 is 18.0 Å². The minimum atomic E-state index is -1.21. The molecule has 0 saturated carbocycles. The molecular formula is C17H29NO4. The Kier molecular flexibility index (Phi) is 10.2. The van der Waals surface area contributed by atoms with Crippen molar-refractivity contribution < 1.29 is 23.9 Å². The Morgan fingerprint density at radius 3 is 2.32 bits per heavy atom. The van der Waals surface area contributed by atoms with Crippen LogP contribution >= 0.6 is 0 Å². The number of likely N-dealkylation sites (N-methyl/N-ethyl adjacent to an activating group) is 1. The third kappa shape index (κ3) is 13.4. The lowest BCUT2D eigenvalue weighted by Crippen LogP contribution is -2.45. The van der Waals surface area contributed by atoms with E-state index in [1.165, 1.54) is 0 Å². The van der Waals surface area contributed by atoms with Gasteiger partial charge in [0.1, 0.15) is 6.54 Å². The Hall–Kier alpha value is -1.62. The summed E-state index contributed by atoms with van der Waals surface area (Å²) < 4.78 is 5.75. The first-order valence-corrected chi connectivity index (χ1v) is 7.74. The van der Waals surface area contributed by atoms with E-state index in [4.69, 9.17) is 4.74 Å². The Morgan fingerprint density at radius 2 is 1.77 bits per heavy atom. The van der Waals surface area contributed by atoms with Crippen LogP contribution in [0.1, 0.15) is 39.0 Å². The van der Waals surface area contributed by atoms with Crippen LogP contribution in [0.5, 0.6) is 0 Å². The molecule has 0 aliphatic carbocycles. The summed E-state index contributed by atoms with van der Waals surface area (Å²) in [6.07, 6.45) is 10.0. The number of nitrogens with zero attached hydrogens (tertiary/aromatic N) is 1. The standard InChI is InChI=1S/C17H29NO4/c1-5-6-7-8-9-10-11-12-17(21)22-15(13-16(19)20)14-18(2,3)4/h7-8,10-11,15H,5-6,9,12-14H2,1-4H3/b8-7+,11-10+. The highest BCUT2D eigenvalue weighted by Crippen LogP contribution is 2.06. The number of esters is 1. The van der Waals surface area contributed by atoms with Crippen molar-refractivity contribution in [1.82, 2.24) is 0 Å². The van der Waals surface area contributed by atoms with E-state index >= 15 is 0 Å². The van der Waals surface area contributed by atoms with Crippen LogP contribution in [0.3, 0.4) is 0 Å². The van der Waals surface area contributed by atoms with Crippen molar-refractivity contribution >= 4 is 11.9 Å². The molecule has 126 valence electrons. The second kappa shape index (κ2) is 11.0. The number of hydrogen-bond acceptors (Lipinski definition) is 4. The molecule has 22 heavy (non-hydrogen) atoms. The van der Waals surface area contributed by atoms with Crippen LogP contribution in [0.2, 0.25) is 0 Å². The number of quaternary nitrogens is 1. The fraction of sp³-hybridized carbons (Fsp3) is 0.647. The second-order valence-electron chi connectivity index (χ2n) is 6.33. The molecular weight excluding hydrogens is 282 g/mol. The molecule has 0 aliphatic heterocycles. The van der Waals surface area contributed by atoms with Gasteiger partial charge in [0.15, 0.2) is 6.10 Å². The third-order valence-corrected chi connectivity index (χ3v) is 2.79. The molecule has 1 atom stereocenters. The van der Waals surface area contributed by atoms with E-state index in [1.807, 2.05) is 27.2 Å². The fourth-order valence-electron chi connectivity index (χ4n) is 1.91. The van der Waals surface area contributed by atoms with Crippen molar-refractivity contribution in [3.05, 3.63) is 24.3 Å². The zero-order valence-electron chi connectivity index (χ0n) is 14.2. The van der Waals surface area contributed by atoms with E-state index in [2.05, 4.69) is 19.1 Å². The molecule has 0 saturated heterocycles. The van der Waals surface area contributed by atoms with Gasteiger partial charge in [-0.3, -0.25) is 4.79 Å². The summed E-state index contributed by atoms with van der Waals surface area (Å²) in [5.74, 6) is -1.61. The fourth-order valence-corrected chi connectivity index (χ4v) is 1.91. The van der Waals surface area contributed by atoms with Gasteiger partial charge in [0.05, 0.1) is 27.6 Å². The van der Waals surface area contributed by atoms with Gasteiger partial charge in [-0.05, 0) is 12.8 Å².